The van der Waals surface area contributed by atoms with Gasteiger partial charge in [-0.15, -0.1) is 11.3 Å². The van der Waals surface area contributed by atoms with Crippen molar-refractivity contribution >= 4 is 11.3 Å². The van der Waals surface area contributed by atoms with Gasteiger partial charge >= 0.3 is 0 Å². The number of hydrogen-bond acceptors (Lipinski definition) is 4. The predicted molar refractivity (Wildman–Crippen MR) is 45.5 cm³/mol. The van der Waals surface area contributed by atoms with Gasteiger partial charge in [-0.3, -0.25) is 9.78 Å². The molecule has 0 atom stereocenters. The molecule has 2 rings (SSSR count). The lowest BCUT2D eigenvalue weighted by atomic mass is 10.6. The van der Waals surface area contributed by atoms with Crippen LogP contribution in [-0.2, 0) is 0 Å². The number of nitrogens with zero attached hydrogens (tertiary/aromatic N) is 3. The largest absolute Gasteiger partial charge is 0.272 e. The molecule has 0 aliphatic heterocycles. The molecule has 0 aliphatic rings. The Morgan fingerprint density at radius 3 is 3.08 bits per heavy atom. The summed E-state index contributed by atoms with van der Waals surface area (Å²) in [6, 6.07) is 3.08. The lowest BCUT2D eigenvalue weighted by Crippen LogP contribution is -2.17. The van der Waals surface area contributed by atoms with Crippen molar-refractivity contribution in [2.75, 3.05) is 0 Å². The van der Waals surface area contributed by atoms with Gasteiger partial charge in [-0.05, 0) is 6.07 Å². The molecular formula is C7H5N3OS. The van der Waals surface area contributed by atoms with E-state index in [1.807, 2.05) is 0 Å². The molecule has 0 N–H and O–H groups in total. The highest BCUT2D eigenvalue weighted by Crippen LogP contribution is 2.07. The maximum atomic E-state index is 11.2. The Balaban J connectivity index is 2.63. The van der Waals surface area contributed by atoms with Gasteiger partial charge in [0.15, 0.2) is 0 Å². The molecule has 0 aromatic carbocycles. The first-order chi connectivity index (χ1) is 5.88. The quantitative estimate of drug-likeness (QED) is 0.647. The fourth-order valence-electron chi connectivity index (χ4n) is 0.837. The van der Waals surface area contributed by atoms with Crippen molar-refractivity contribution in [1.29, 1.82) is 0 Å². The van der Waals surface area contributed by atoms with Gasteiger partial charge in [0.05, 0.1) is 11.7 Å². The van der Waals surface area contributed by atoms with E-state index < -0.39 is 0 Å². The molecule has 5 heteroatoms. The molecule has 0 fully saturated rings. The standard InChI is InChI=1S/C7H5N3OS/c11-6-2-1-3-9-10(6)7-4-8-5-12-7/h1-5H. The fourth-order valence-corrected chi connectivity index (χ4v) is 1.43. The second kappa shape index (κ2) is 2.86. The first-order valence-electron chi connectivity index (χ1n) is 3.31. The van der Waals surface area contributed by atoms with Crippen molar-refractivity contribution in [2.45, 2.75) is 0 Å². The molecule has 0 radical (unpaired) electrons. The molecule has 60 valence electrons. The van der Waals surface area contributed by atoms with Crippen LogP contribution in [0, 0.1) is 0 Å². The van der Waals surface area contributed by atoms with E-state index in [2.05, 4.69) is 10.1 Å². The summed E-state index contributed by atoms with van der Waals surface area (Å²) in [6.45, 7) is 0. The van der Waals surface area contributed by atoms with Crippen LogP contribution in [0.2, 0.25) is 0 Å². The van der Waals surface area contributed by atoms with Crippen molar-refractivity contribution < 1.29 is 0 Å². The van der Waals surface area contributed by atoms with Crippen LogP contribution in [0.25, 0.3) is 5.00 Å². The van der Waals surface area contributed by atoms with E-state index in [4.69, 9.17) is 0 Å². The molecule has 0 saturated heterocycles. The Bertz CT molecular complexity index is 420. The van der Waals surface area contributed by atoms with Gasteiger partial charge in [0.2, 0.25) is 0 Å². The van der Waals surface area contributed by atoms with E-state index >= 15 is 0 Å². The topological polar surface area (TPSA) is 47.8 Å². The van der Waals surface area contributed by atoms with E-state index in [-0.39, 0.29) is 5.56 Å². The zero-order chi connectivity index (χ0) is 8.39. The monoisotopic (exact) mass is 179 g/mol. The summed E-state index contributed by atoms with van der Waals surface area (Å²) >= 11 is 1.38. The van der Waals surface area contributed by atoms with Crippen LogP contribution in [0.5, 0.6) is 0 Å². The molecule has 0 spiro atoms. The fraction of sp³-hybridized carbons (Fsp3) is 0. The number of thiazole rings is 1. The van der Waals surface area contributed by atoms with Crippen LogP contribution in [-0.4, -0.2) is 14.8 Å². The molecule has 0 bridgehead atoms. The maximum Gasteiger partial charge on any atom is 0.272 e. The van der Waals surface area contributed by atoms with Crippen LogP contribution in [0.4, 0.5) is 0 Å². The van der Waals surface area contributed by atoms with Crippen molar-refractivity contribution in [3.63, 3.8) is 0 Å². The van der Waals surface area contributed by atoms with E-state index in [0.29, 0.717) is 0 Å². The van der Waals surface area contributed by atoms with Crippen LogP contribution in [0.15, 0.2) is 34.8 Å². The smallest absolute Gasteiger partial charge is 0.267 e. The van der Waals surface area contributed by atoms with Crippen molar-refractivity contribution in [3.05, 3.63) is 40.4 Å². The van der Waals surface area contributed by atoms with Gasteiger partial charge in [0, 0.05) is 12.3 Å². The number of rotatable bonds is 1. The van der Waals surface area contributed by atoms with Crippen LogP contribution >= 0.6 is 11.3 Å². The molecular weight excluding hydrogens is 174 g/mol. The van der Waals surface area contributed by atoms with Gasteiger partial charge in [-0.1, -0.05) is 0 Å². The summed E-state index contributed by atoms with van der Waals surface area (Å²) < 4.78 is 1.32. The van der Waals surface area contributed by atoms with Gasteiger partial charge in [-0.25, -0.2) is 0 Å². The zero-order valence-electron chi connectivity index (χ0n) is 6.04. The Morgan fingerprint density at radius 2 is 2.42 bits per heavy atom. The van der Waals surface area contributed by atoms with E-state index in [0.717, 1.165) is 5.00 Å². The molecule has 4 nitrogen and oxygen atoms in total. The average molecular weight is 179 g/mol. The first-order valence-corrected chi connectivity index (χ1v) is 4.19. The van der Waals surface area contributed by atoms with E-state index in [1.165, 1.54) is 22.1 Å². The number of aromatic nitrogens is 3. The minimum absolute atomic E-state index is 0.137. The minimum atomic E-state index is -0.137. The molecule has 2 aromatic heterocycles. The average Bonchev–Trinajstić information content (AvgIpc) is 2.57. The Kier molecular flexibility index (Phi) is 1.71. The minimum Gasteiger partial charge on any atom is -0.267 e. The molecule has 0 unspecified atom stereocenters. The Hall–Kier alpha value is -1.49. The Labute approximate surface area is 72.1 Å². The lowest BCUT2D eigenvalue weighted by Gasteiger charge is -1.95. The molecule has 12 heavy (non-hydrogen) atoms. The number of hydrogen-bond donors (Lipinski definition) is 0. The first kappa shape index (κ1) is 7.17. The highest BCUT2D eigenvalue weighted by atomic mass is 32.1. The molecule has 2 aromatic rings. The van der Waals surface area contributed by atoms with Crippen LogP contribution < -0.4 is 5.56 Å². The van der Waals surface area contributed by atoms with Crippen molar-refractivity contribution in [1.82, 2.24) is 14.8 Å². The van der Waals surface area contributed by atoms with Crippen molar-refractivity contribution in [3.8, 4) is 5.00 Å². The summed E-state index contributed by atoms with van der Waals surface area (Å²) in [5, 5.41) is 4.63. The third kappa shape index (κ3) is 1.14. The van der Waals surface area contributed by atoms with Gasteiger partial charge in [-0.2, -0.15) is 9.78 Å². The highest BCUT2D eigenvalue weighted by Gasteiger charge is 1.99. The predicted octanol–water partition coefficient (Wildman–Crippen LogP) is 0.689. The van der Waals surface area contributed by atoms with Gasteiger partial charge < -0.3 is 0 Å². The molecule has 2 heterocycles. The third-order valence-corrected chi connectivity index (χ3v) is 2.09. The van der Waals surface area contributed by atoms with E-state index in [9.17, 15) is 4.79 Å². The van der Waals surface area contributed by atoms with Crippen LogP contribution in [0.1, 0.15) is 0 Å². The normalized spacial score (nSPS) is 10.0. The molecule has 0 amide bonds. The van der Waals surface area contributed by atoms with Gasteiger partial charge in [0.25, 0.3) is 5.56 Å². The van der Waals surface area contributed by atoms with E-state index in [1.54, 1.807) is 24.0 Å². The lowest BCUT2D eigenvalue weighted by molar-refractivity contribution is 0.818. The summed E-state index contributed by atoms with van der Waals surface area (Å²) in [5.41, 5.74) is 1.53. The highest BCUT2D eigenvalue weighted by molar-refractivity contribution is 7.12. The SMILES string of the molecule is O=c1cccnn1-c1cncs1. The Morgan fingerprint density at radius 1 is 1.50 bits per heavy atom. The molecule has 0 saturated carbocycles. The molecule has 0 aliphatic carbocycles. The van der Waals surface area contributed by atoms with Crippen LogP contribution in [0.3, 0.4) is 0 Å². The summed E-state index contributed by atoms with van der Waals surface area (Å²) in [5.74, 6) is 0. The van der Waals surface area contributed by atoms with Gasteiger partial charge in [0.1, 0.15) is 5.00 Å². The second-order valence-corrected chi connectivity index (χ2v) is 2.98. The van der Waals surface area contributed by atoms with Crippen molar-refractivity contribution in [2.24, 2.45) is 0 Å². The third-order valence-electron chi connectivity index (χ3n) is 1.34. The summed E-state index contributed by atoms with van der Waals surface area (Å²) in [4.78, 5) is 15.1. The summed E-state index contributed by atoms with van der Waals surface area (Å²) in [6.07, 6.45) is 3.18. The maximum absolute atomic E-state index is 11.2. The summed E-state index contributed by atoms with van der Waals surface area (Å²) in [7, 11) is 0. The zero-order valence-corrected chi connectivity index (χ0v) is 6.86. The second-order valence-electron chi connectivity index (χ2n) is 2.11.